The number of hydrogen-bond donors (Lipinski definition) is 3. The molecule has 0 aromatic rings. The van der Waals surface area contributed by atoms with Crippen molar-refractivity contribution in [3.05, 3.63) is 0 Å². The Morgan fingerprint density at radius 2 is 1.86 bits per heavy atom. The average molecular weight is 310 g/mol. The summed E-state index contributed by atoms with van der Waals surface area (Å²) in [4.78, 5) is 37.8. The van der Waals surface area contributed by atoms with Gasteiger partial charge < -0.3 is 16.4 Å². The maximum Gasteiger partial charge on any atom is 0.325 e. The number of amides is 4. The van der Waals surface area contributed by atoms with E-state index in [0.717, 1.165) is 30.6 Å². The number of imide groups is 1. The van der Waals surface area contributed by atoms with Crippen molar-refractivity contribution in [1.82, 2.24) is 15.5 Å². The van der Waals surface area contributed by atoms with Gasteiger partial charge in [-0.2, -0.15) is 0 Å². The quantitative estimate of drug-likeness (QED) is 0.621. The molecule has 7 heteroatoms. The van der Waals surface area contributed by atoms with Crippen molar-refractivity contribution in [2.45, 2.75) is 63.5 Å². The SMILES string of the molecule is CCC1(CC)NC(=O)N(CC(=O)NC2(CN)CCCC2)C1=O. The van der Waals surface area contributed by atoms with Gasteiger partial charge in [0.15, 0.2) is 0 Å². The average Bonchev–Trinajstić information content (AvgIpc) is 3.06. The maximum absolute atomic E-state index is 12.5. The van der Waals surface area contributed by atoms with Gasteiger partial charge in [-0.1, -0.05) is 26.7 Å². The molecule has 1 aliphatic carbocycles. The van der Waals surface area contributed by atoms with E-state index in [1.54, 1.807) is 0 Å². The fourth-order valence-electron chi connectivity index (χ4n) is 3.46. The molecular weight excluding hydrogens is 284 g/mol. The molecule has 0 atom stereocenters. The minimum atomic E-state index is -0.865. The highest BCUT2D eigenvalue weighted by molar-refractivity contribution is 6.09. The topological polar surface area (TPSA) is 105 Å². The molecule has 22 heavy (non-hydrogen) atoms. The van der Waals surface area contributed by atoms with Gasteiger partial charge in [-0.3, -0.25) is 14.5 Å². The zero-order valence-electron chi connectivity index (χ0n) is 13.4. The van der Waals surface area contributed by atoms with Crippen molar-refractivity contribution in [1.29, 1.82) is 0 Å². The lowest BCUT2D eigenvalue weighted by atomic mass is 9.93. The maximum atomic E-state index is 12.5. The van der Waals surface area contributed by atoms with Gasteiger partial charge in [0.25, 0.3) is 5.91 Å². The molecule has 1 heterocycles. The molecular formula is C15H26N4O3. The zero-order valence-corrected chi connectivity index (χ0v) is 13.4. The Morgan fingerprint density at radius 1 is 1.27 bits per heavy atom. The second-order valence-electron chi connectivity index (χ2n) is 6.35. The van der Waals surface area contributed by atoms with Crippen LogP contribution in [-0.2, 0) is 9.59 Å². The van der Waals surface area contributed by atoms with Crippen LogP contribution in [0.5, 0.6) is 0 Å². The lowest BCUT2D eigenvalue weighted by molar-refractivity contribution is -0.135. The number of urea groups is 1. The Kier molecular flexibility index (Phi) is 4.75. The van der Waals surface area contributed by atoms with Gasteiger partial charge in [-0.25, -0.2) is 4.79 Å². The van der Waals surface area contributed by atoms with E-state index in [2.05, 4.69) is 10.6 Å². The number of nitrogens with zero attached hydrogens (tertiary/aromatic N) is 1. The second-order valence-corrected chi connectivity index (χ2v) is 6.35. The third kappa shape index (κ3) is 2.82. The van der Waals surface area contributed by atoms with Crippen molar-refractivity contribution in [2.24, 2.45) is 5.73 Å². The van der Waals surface area contributed by atoms with Crippen LogP contribution < -0.4 is 16.4 Å². The summed E-state index contributed by atoms with van der Waals surface area (Å²) >= 11 is 0. The Hall–Kier alpha value is -1.63. The molecule has 2 rings (SSSR count). The highest BCUT2D eigenvalue weighted by atomic mass is 16.2. The number of carbonyl (C=O) groups excluding carboxylic acids is 3. The summed E-state index contributed by atoms with van der Waals surface area (Å²) in [6.45, 7) is 3.85. The van der Waals surface area contributed by atoms with E-state index < -0.39 is 11.6 Å². The van der Waals surface area contributed by atoms with Gasteiger partial charge >= 0.3 is 6.03 Å². The van der Waals surface area contributed by atoms with Crippen molar-refractivity contribution >= 4 is 17.8 Å². The van der Waals surface area contributed by atoms with Crippen molar-refractivity contribution in [3.8, 4) is 0 Å². The van der Waals surface area contributed by atoms with Crippen LogP contribution in [0.1, 0.15) is 52.4 Å². The van der Waals surface area contributed by atoms with E-state index in [1.807, 2.05) is 13.8 Å². The standard InChI is InChI=1S/C15H26N4O3/c1-3-15(4-2)12(21)19(13(22)18-15)9-11(20)17-14(10-16)7-5-6-8-14/h3-10,16H2,1-2H3,(H,17,20)(H,18,22). The highest BCUT2D eigenvalue weighted by Gasteiger charge is 2.49. The second kappa shape index (κ2) is 6.24. The van der Waals surface area contributed by atoms with Gasteiger partial charge in [0.1, 0.15) is 12.1 Å². The van der Waals surface area contributed by atoms with Gasteiger partial charge in [0.05, 0.1) is 5.54 Å². The predicted octanol–water partition coefficient (Wildman–Crippen LogP) is 0.485. The summed E-state index contributed by atoms with van der Waals surface area (Å²) < 4.78 is 0. The Morgan fingerprint density at radius 3 is 2.32 bits per heavy atom. The van der Waals surface area contributed by atoms with Crippen molar-refractivity contribution in [2.75, 3.05) is 13.1 Å². The molecule has 0 bridgehead atoms. The molecule has 1 aliphatic heterocycles. The van der Waals surface area contributed by atoms with E-state index in [-0.39, 0.29) is 23.9 Å². The summed E-state index contributed by atoms with van der Waals surface area (Å²) in [5, 5.41) is 5.66. The van der Waals surface area contributed by atoms with Crippen LogP contribution >= 0.6 is 0 Å². The monoisotopic (exact) mass is 310 g/mol. The van der Waals surface area contributed by atoms with Crippen LogP contribution in [0.25, 0.3) is 0 Å². The Labute approximate surface area is 131 Å². The normalized spacial score (nSPS) is 22.8. The molecule has 0 spiro atoms. The number of carbonyl (C=O) groups is 3. The van der Waals surface area contributed by atoms with Gasteiger partial charge in [-0.05, 0) is 25.7 Å². The van der Waals surface area contributed by atoms with E-state index in [9.17, 15) is 14.4 Å². The Balaban J connectivity index is 2.02. The van der Waals surface area contributed by atoms with Crippen LogP contribution in [0.4, 0.5) is 4.79 Å². The molecule has 0 radical (unpaired) electrons. The summed E-state index contributed by atoms with van der Waals surface area (Å²) in [6, 6.07) is -0.489. The zero-order chi connectivity index (χ0) is 16.4. The van der Waals surface area contributed by atoms with E-state index in [0.29, 0.717) is 19.4 Å². The highest BCUT2D eigenvalue weighted by Crippen LogP contribution is 2.29. The van der Waals surface area contributed by atoms with Crippen LogP contribution in [-0.4, -0.2) is 46.9 Å². The minimum absolute atomic E-state index is 0.242. The van der Waals surface area contributed by atoms with Crippen LogP contribution in [0.3, 0.4) is 0 Å². The first-order valence-corrected chi connectivity index (χ1v) is 8.07. The molecule has 1 saturated heterocycles. The molecule has 124 valence electrons. The number of hydrogen-bond acceptors (Lipinski definition) is 4. The largest absolute Gasteiger partial charge is 0.348 e. The van der Waals surface area contributed by atoms with Gasteiger partial charge in [0.2, 0.25) is 5.91 Å². The molecule has 0 aromatic carbocycles. The minimum Gasteiger partial charge on any atom is -0.348 e. The number of rotatable bonds is 6. The van der Waals surface area contributed by atoms with Gasteiger partial charge in [-0.15, -0.1) is 0 Å². The van der Waals surface area contributed by atoms with E-state index in [1.165, 1.54) is 0 Å². The molecule has 4 amide bonds. The first-order chi connectivity index (χ1) is 10.4. The summed E-state index contributed by atoms with van der Waals surface area (Å²) in [5.74, 6) is -0.635. The van der Waals surface area contributed by atoms with E-state index in [4.69, 9.17) is 5.73 Å². The fraction of sp³-hybridized carbons (Fsp3) is 0.800. The lowest BCUT2D eigenvalue weighted by Gasteiger charge is -2.29. The summed E-state index contributed by atoms with van der Waals surface area (Å²) in [7, 11) is 0. The molecule has 2 fully saturated rings. The third-order valence-electron chi connectivity index (χ3n) is 5.11. The smallest absolute Gasteiger partial charge is 0.325 e. The Bertz CT molecular complexity index is 467. The molecule has 4 N–H and O–H groups in total. The third-order valence-corrected chi connectivity index (χ3v) is 5.11. The van der Waals surface area contributed by atoms with Crippen LogP contribution in [0, 0.1) is 0 Å². The van der Waals surface area contributed by atoms with Crippen LogP contribution in [0.2, 0.25) is 0 Å². The molecule has 1 saturated carbocycles. The molecule has 0 unspecified atom stereocenters. The van der Waals surface area contributed by atoms with Crippen LogP contribution in [0.15, 0.2) is 0 Å². The van der Waals surface area contributed by atoms with Gasteiger partial charge in [0, 0.05) is 6.54 Å². The fourth-order valence-corrected chi connectivity index (χ4v) is 3.46. The number of nitrogens with two attached hydrogens (primary N) is 1. The predicted molar refractivity (Wildman–Crippen MR) is 82.0 cm³/mol. The van der Waals surface area contributed by atoms with Crippen molar-refractivity contribution < 1.29 is 14.4 Å². The summed E-state index contributed by atoms with van der Waals surface area (Å²) in [6.07, 6.45) is 4.80. The van der Waals surface area contributed by atoms with E-state index >= 15 is 0 Å². The van der Waals surface area contributed by atoms with Crippen molar-refractivity contribution in [3.63, 3.8) is 0 Å². The summed E-state index contributed by atoms with van der Waals surface area (Å²) in [5.41, 5.74) is 4.55. The molecule has 2 aliphatic rings. The first kappa shape index (κ1) is 16.7. The number of nitrogens with one attached hydrogen (secondary N) is 2. The molecule has 0 aromatic heterocycles. The molecule has 7 nitrogen and oxygen atoms in total. The lowest BCUT2D eigenvalue weighted by Crippen LogP contribution is -2.54. The first-order valence-electron chi connectivity index (χ1n) is 8.07.